The molecule has 3 nitrogen and oxygen atoms in total. The van der Waals surface area contributed by atoms with Crippen molar-refractivity contribution in [2.75, 3.05) is 6.54 Å². The molecule has 1 saturated carbocycles. The van der Waals surface area contributed by atoms with E-state index in [1.54, 1.807) is 18.2 Å². The molecule has 1 N–H and O–H groups in total. The maximum Gasteiger partial charge on any atom is 0.241 e. The highest BCUT2D eigenvalue weighted by atomic mass is 79.9. The van der Waals surface area contributed by atoms with Crippen molar-refractivity contribution >= 4 is 57.8 Å². The Morgan fingerprint density at radius 1 is 1.15 bits per heavy atom. The fraction of sp³-hybridized carbons (Fsp3) is 0.538. The van der Waals surface area contributed by atoms with E-state index in [0.717, 1.165) is 30.2 Å². The van der Waals surface area contributed by atoms with Crippen LogP contribution in [0.3, 0.4) is 0 Å². The SMILES string of the molecule is O=S(=O)(NCC1CCC(Br)CC1)c1cc(Br)ccc1Br. The Morgan fingerprint density at radius 2 is 1.80 bits per heavy atom. The number of halogens is 3. The number of sulfonamides is 1. The van der Waals surface area contributed by atoms with E-state index in [0.29, 0.717) is 21.8 Å². The molecule has 1 fully saturated rings. The quantitative estimate of drug-likeness (QED) is 0.635. The summed E-state index contributed by atoms with van der Waals surface area (Å²) in [7, 11) is -3.46. The molecule has 0 saturated heterocycles. The van der Waals surface area contributed by atoms with Crippen LogP contribution < -0.4 is 4.72 Å². The molecule has 20 heavy (non-hydrogen) atoms. The molecule has 0 amide bonds. The molecule has 1 aliphatic carbocycles. The standard InChI is InChI=1S/C13H16Br3NO2S/c14-10-3-1-9(2-4-10)8-17-20(18,19)13-7-11(15)5-6-12(13)16/h5-7,9-10,17H,1-4,8H2. The predicted octanol–water partition coefficient (Wildman–Crippen LogP) is 4.44. The Hall–Kier alpha value is 0.570. The van der Waals surface area contributed by atoms with Crippen LogP contribution in [0.25, 0.3) is 0 Å². The van der Waals surface area contributed by atoms with Gasteiger partial charge in [0.15, 0.2) is 0 Å². The van der Waals surface area contributed by atoms with Crippen molar-refractivity contribution in [1.82, 2.24) is 4.72 Å². The van der Waals surface area contributed by atoms with E-state index in [1.807, 2.05) is 0 Å². The van der Waals surface area contributed by atoms with E-state index in [2.05, 4.69) is 52.5 Å². The van der Waals surface area contributed by atoms with Crippen molar-refractivity contribution in [3.05, 3.63) is 27.1 Å². The molecule has 0 heterocycles. The smallest absolute Gasteiger partial charge is 0.211 e. The van der Waals surface area contributed by atoms with Crippen LogP contribution in [0.4, 0.5) is 0 Å². The molecule has 0 aromatic heterocycles. The molecule has 0 spiro atoms. The van der Waals surface area contributed by atoms with Crippen LogP contribution in [0, 0.1) is 5.92 Å². The minimum Gasteiger partial charge on any atom is -0.211 e. The van der Waals surface area contributed by atoms with Gasteiger partial charge in [-0.25, -0.2) is 13.1 Å². The summed E-state index contributed by atoms with van der Waals surface area (Å²) in [6.07, 6.45) is 4.37. The second-order valence-corrected chi connectivity index (χ2v) is 9.84. The van der Waals surface area contributed by atoms with Gasteiger partial charge in [0, 0.05) is 20.3 Å². The zero-order chi connectivity index (χ0) is 14.8. The van der Waals surface area contributed by atoms with E-state index in [1.165, 1.54) is 0 Å². The number of nitrogens with one attached hydrogen (secondary N) is 1. The largest absolute Gasteiger partial charge is 0.241 e. The monoisotopic (exact) mass is 487 g/mol. The first-order valence-electron chi connectivity index (χ1n) is 6.47. The summed E-state index contributed by atoms with van der Waals surface area (Å²) in [5, 5.41) is 0. The third-order valence-corrected chi connectivity index (χ3v) is 7.35. The number of alkyl halides is 1. The summed E-state index contributed by atoms with van der Waals surface area (Å²) < 4.78 is 28.7. The molecular formula is C13H16Br3NO2S. The van der Waals surface area contributed by atoms with Crippen molar-refractivity contribution in [3.8, 4) is 0 Å². The fourth-order valence-corrected chi connectivity index (χ4v) is 5.46. The van der Waals surface area contributed by atoms with Gasteiger partial charge in [-0.3, -0.25) is 0 Å². The van der Waals surface area contributed by atoms with Gasteiger partial charge in [0.1, 0.15) is 0 Å². The number of hydrogen-bond donors (Lipinski definition) is 1. The van der Waals surface area contributed by atoms with Crippen molar-refractivity contribution in [2.45, 2.75) is 35.4 Å². The highest BCUT2D eigenvalue weighted by Gasteiger charge is 2.23. The molecule has 2 rings (SSSR count). The Morgan fingerprint density at radius 3 is 2.45 bits per heavy atom. The molecule has 0 atom stereocenters. The van der Waals surface area contributed by atoms with Gasteiger partial charge in [-0.1, -0.05) is 31.9 Å². The van der Waals surface area contributed by atoms with Gasteiger partial charge in [-0.05, 0) is 65.7 Å². The topological polar surface area (TPSA) is 46.2 Å². The summed E-state index contributed by atoms with van der Waals surface area (Å²) in [4.78, 5) is 0.871. The Kier molecular flexibility index (Phi) is 6.11. The number of hydrogen-bond acceptors (Lipinski definition) is 2. The molecule has 1 aromatic carbocycles. The van der Waals surface area contributed by atoms with Crippen LogP contribution >= 0.6 is 47.8 Å². The molecule has 7 heteroatoms. The maximum atomic E-state index is 12.3. The van der Waals surface area contributed by atoms with Crippen molar-refractivity contribution in [2.24, 2.45) is 5.92 Å². The molecule has 0 radical (unpaired) electrons. The van der Waals surface area contributed by atoms with E-state index in [-0.39, 0.29) is 4.90 Å². The molecule has 0 aliphatic heterocycles. The van der Waals surface area contributed by atoms with Gasteiger partial charge in [0.05, 0.1) is 4.90 Å². The summed E-state index contributed by atoms with van der Waals surface area (Å²) >= 11 is 10.2. The van der Waals surface area contributed by atoms with Crippen LogP contribution in [0.1, 0.15) is 25.7 Å². The van der Waals surface area contributed by atoms with Crippen LogP contribution in [0.15, 0.2) is 32.0 Å². The summed E-state index contributed by atoms with van der Waals surface area (Å²) in [5.41, 5.74) is 0. The zero-order valence-corrected chi connectivity index (χ0v) is 16.4. The molecule has 1 aliphatic rings. The minimum atomic E-state index is -3.46. The number of benzene rings is 1. The lowest BCUT2D eigenvalue weighted by Gasteiger charge is -2.25. The van der Waals surface area contributed by atoms with E-state index in [4.69, 9.17) is 0 Å². The third kappa shape index (κ3) is 4.53. The summed E-state index contributed by atoms with van der Waals surface area (Å²) in [6.45, 7) is 0.515. The minimum absolute atomic E-state index is 0.279. The van der Waals surface area contributed by atoms with Crippen molar-refractivity contribution < 1.29 is 8.42 Å². The second-order valence-electron chi connectivity index (χ2n) is 5.04. The first kappa shape index (κ1) is 16.9. The van der Waals surface area contributed by atoms with Gasteiger partial charge in [-0.2, -0.15) is 0 Å². The third-order valence-electron chi connectivity index (χ3n) is 3.52. The second kappa shape index (κ2) is 7.22. The highest BCUT2D eigenvalue weighted by molar-refractivity contribution is 9.11. The molecule has 112 valence electrons. The first-order valence-corrected chi connectivity index (χ1v) is 10.5. The molecular weight excluding hydrogens is 474 g/mol. The van der Waals surface area contributed by atoms with Crippen LogP contribution in [0.2, 0.25) is 0 Å². The van der Waals surface area contributed by atoms with Gasteiger partial charge in [0.25, 0.3) is 0 Å². The van der Waals surface area contributed by atoms with E-state index in [9.17, 15) is 8.42 Å². The lowest BCUT2D eigenvalue weighted by molar-refractivity contribution is 0.366. The van der Waals surface area contributed by atoms with Crippen LogP contribution in [-0.4, -0.2) is 19.8 Å². The summed E-state index contributed by atoms with van der Waals surface area (Å²) in [5.74, 6) is 0.435. The van der Waals surface area contributed by atoms with Gasteiger partial charge >= 0.3 is 0 Å². The number of rotatable bonds is 4. The van der Waals surface area contributed by atoms with Gasteiger partial charge in [0.2, 0.25) is 10.0 Å². The van der Waals surface area contributed by atoms with Crippen molar-refractivity contribution in [3.63, 3.8) is 0 Å². The van der Waals surface area contributed by atoms with Crippen LogP contribution in [-0.2, 0) is 10.0 Å². The normalized spacial score (nSPS) is 23.8. The summed E-state index contributed by atoms with van der Waals surface area (Å²) in [6, 6.07) is 5.15. The Bertz CT molecular complexity index is 569. The van der Waals surface area contributed by atoms with E-state index >= 15 is 0 Å². The molecule has 1 aromatic rings. The predicted molar refractivity (Wildman–Crippen MR) is 91.7 cm³/mol. The van der Waals surface area contributed by atoms with Crippen molar-refractivity contribution in [1.29, 1.82) is 0 Å². The zero-order valence-electron chi connectivity index (χ0n) is 10.8. The van der Waals surface area contributed by atoms with Crippen LogP contribution in [0.5, 0.6) is 0 Å². The van der Waals surface area contributed by atoms with E-state index < -0.39 is 10.0 Å². The first-order chi connectivity index (χ1) is 9.38. The maximum absolute atomic E-state index is 12.3. The molecule has 0 unspecified atom stereocenters. The molecule has 0 bridgehead atoms. The average molecular weight is 490 g/mol. The lowest BCUT2D eigenvalue weighted by atomic mass is 9.89. The lowest BCUT2D eigenvalue weighted by Crippen LogP contribution is -2.31. The Labute approximate surface area is 145 Å². The fourth-order valence-electron chi connectivity index (χ4n) is 2.31. The van der Waals surface area contributed by atoms with Gasteiger partial charge in [-0.15, -0.1) is 0 Å². The highest BCUT2D eigenvalue weighted by Crippen LogP contribution is 2.29. The Balaban J connectivity index is 2.02. The average Bonchev–Trinajstić information content (AvgIpc) is 2.41. The van der Waals surface area contributed by atoms with Gasteiger partial charge < -0.3 is 0 Å².